The maximum Gasteiger partial charge on any atom is 0.261 e. The second-order valence-electron chi connectivity index (χ2n) is 6.37. The Labute approximate surface area is 140 Å². The molecule has 124 valence electrons. The number of hydrogen-bond donors (Lipinski definition) is 0. The van der Waals surface area contributed by atoms with E-state index in [1.807, 2.05) is 13.0 Å². The first-order chi connectivity index (χ1) is 11.6. The molecule has 2 aliphatic heterocycles. The fourth-order valence-electron chi connectivity index (χ4n) is 3.63. The summed E-state index contributed by atoms with van der Waals surface area (Å²) < 4.78 is 5.40. The first kappa shape index (κ1) is 15.1. The van der Waals surface area contributed by atoms with Gasteiger partial charge in [-0.2, -0.15) is 0 Å². The van der Waals surface area contributed by atoms with Crippen molar-refractivity contribution < 1.29 is 14.1 Å². The highest BCUT2D eigenvalue weighted by molar-refractivity contribution is 6.21. The number of rotatable bonds is 4. The maximum absolute atomic E-state index is 12.4. The molecule has 6 nitrogen and oxygen atoms in total. The van der Waals surface area contributed by atoms with Crippen molar-refractivity contribution in [2.45, 2.75) is 25.8 Å². The summed E-state index contributed by atoms with van der Waals surface area (Å²) in [5.74, 6) is 0.482. The summed E-state index contributed by atoms with van der Waals surface area (Å²) in [6, 6.07) is 9.15. The van der Waals surface area contributed by atoms with E-state index in [4.69, 9.17) is 4.52 Å². The first-order valence-electron chi connectivity index (χ1n) is 8.27. The van der Waals surface area contributed by atoms with Gasteiger partial charge in [0.05, 0.1) is 22.9 Å². The molecule has 0 bridgehead atoms. The van der Waals surface area contributed by atoms with Gasteiger partial charge in [0, 0.05) is 19.2 Å². The van der Waals surface area contributed by atoms with Crippen molar-refractivity contribution >= 4 is 11.8 Å². The second kappa shape index (κ2) is 5.87. The van der Waals surface area contributed by atoms with E-state index in [0.717, 1.165) is 30.8 Å². The average molecular weight is 325 g/mol. The molecule has 1 fully saturated rings. The lowest BCUT2D eigenvalue weighted by molar-refractivity contribution is 0.0630. The van der Waals surface area contributed by atoms with E-state index in [1.165, 1.54) is 4.90 Å². The number of benzene rings is 1. The van der Waals surface area contributed by atoms with Crippen LogP contribution in [0, 0.1) is 6.92 Å². The molecule has 1 saturated heterocycles. The van der Waals surface area contributed by atoms with Crippen LogP contribution in [-0.2, 0) is 0 Å². The van der Waals surface area contributed by atoms with Crippen LogP contribution >= 0.6 is 0 Å². The van der Waals surface area contributed by atoms with Crippen molar-refractivity contribution in [1.29, 1.82) is 0 Å². The van der Waals surface area contributed by atoms with Crippen molar-refractivity contribution in [3.8, 4) is 0 Å². The topological polar surface area (TPSA) is 66.7 Å². The number of fused-ring (bicyclic) bond motifs is 1. The monoisotopic (exact) mass is 325 g/mol. The van der Waals surface area contributed by atoms with Crippen molar-refractivity contribution in [1.82, 2.24) is 15.0 Å². The van der Waals surface area contributed by atoms with Crippen LogP contribution < -0.4 is 0 Å². The largest absolute Gasteiger partial charge is 0.359 e. The average Bonchev–Trinajstić information content (AvgIpc) is 3.27. The molecule has 0 spiro atoms. The summed E-state index contributed by atoms with van der Waals surface area (Å²) in [5.41, 5.74) is 1.88. The van der Waals surface area contributed by atoms with Crippen molar-refractivity contribution in [2.24, 2.45) is 0 Å². The zero-order chi connectivity index (χ0) is 16.7. The van der Waals surface area contributed by atoms with Crippen LogP contribution in [0.15, 0.2) is 34.9 Å². The molecule has 0 unspecified atom stereocenters. The third-order valence-electron chi connectivity index (χ3n) is 4.83. The molecule has 0 radical (unpaired) electrons. The molecular formula is C18H19N3O3. The van der Waals surface area contributed by atoms with E-state index < -0.39 is 0 Å². The Morgan fingerprint density at radius 2 is 1.88 bits per heavy atom. The lowest BCUT2D eigenvalue weighted by atomic mass is 10.1. The molecule has 4 rings (SSSR count). The first-order valence-corrected chi connectivity index (χ1v) is 8.27. The third kappa shape index (κ3) is 2.43. The molecule has 2 aliphatic rings. The van der Waals surface area contributed by atoms with Crippen molar-refractivity contribution in [2.75, 3.05) is 19.6 Å². The Hall–Kier alpha value is -2.47. The van der Waals surface area contributed by atoms with Crippen LogP contribution in [0.25, 0.3) is 0 Å². The number of aromatic nitrogens is 1. The number of imide groups is 1. The normalized spacial score (nSPS) is 20.9. The molecule has 24 heavy (non-hydrogen) atoms. The summed E-state index contributed by atoms with van der Waals surface area (Å²) >= 11 is 0. The lowest BCUT2D eigenvalue weighted by Gasteiger charge is -2.24. The van der Waals surface area contributed by atoms with E-state index >= 15 is 0 Å². The van der Waals surface area contributed by atoms with Crippen LogP contribution in [0.1, 0.15) is 51.1 Å². The standard InChI is InChI=1S/C18H19N3O3/c1-12-11-16(24-19-12)15-7-4-8-20(15)9-10-21-17(22)13-5-2-3-6-14(13)18(21)23/h2-3,5-6,11,15H,4,7-10H2,1H3/t15-/m1/s1. The minimum atomic E-state index is -0.193. The second-order valence-corrected chi connectivity index (χ2v) is 6.37. The van der Waals surface area contributed by atoms with E-state index in [-0.39, 0.29) is 17.9 Å². The van der Waals surface area contributed by atoms with Gasteiger partial charge in [-0.05, 0) is 38.4 Å². The van der Waals surface area contributed by atoms with E-state index in [2.05, 4.69) is 10.1 Å². The summed E-state index contributed by atoms with van der Waals surface area (Å²) in [7, 11) is 0. The smallest absolute Gasteiger partial charge is 0.261 e. The number of aryl methyl sites for hydroxylation is 1. The molecule has 1 aromatic carbocycles. The minimum absolute atomic E-state index is 0.182. The van der Waals surface area contributed by atoms with Gasteiger partial charge in [0.1, 0.15) is 0 Å². The fourth-order valence-corrected chi connectivity index (χ4v) is 3.63. The third-order valence-corrected chi connectivity index (χ3v) is 4.83. The molecule has 0 N–H and O–H groups in total. The highest BCUT2D eigenvalue weighted by atomic mass is 16.5. The minimum Gasteiger partial charge on any atom is -0.359 e. The SMILES string of the molecule is Cc1cc([C@H]2CCCN2CCN2C(=O)c3ccccc3C2=O)on1. The number of likely N-dealkylation sites (tertiary alicyclic amines) is 1. The van der Waals surface area contributed by atoms with Crippen LogP contribution in [-0.4, -0.2) is 46.4 Å². The van der Waals surface area contributed by atoms with Gasteiger partial charge in [-0.1, -0.05) is 17.3 Å². The Kier molecular flexibility index (Phi) is 3.69. The number of carbonyl (C=O) groups is 2. The van der Waals surface area contributed by atoms with Crippen molar-refractivity contribution in [3.63, 3.8) is 0 Å². The van der Waals surface area contributed by atoms with Gasteiger partial charge >= 0.3 is 0 Å². The summed E-state index contributed by atoms with van der Waals surface area (Å²) in [6.45, 7) is 3.89. The Morgan fingerprint density at radius 3 is 2.50 bits per heavy atom. The maximum atomic E-state index is 12.4. The molecule has 2 aromatic rings. The van der Waals surface area contributed by atoms with Crippen LogP contribution in [0.3, 0.4) is 0 Å². The zero-order valence-corrected chi connectivity index (χ0v) is 13.6. The predicted octanol–water partition coefficient (Wildman–Crippen LogP) is 2.42. The van der Waals surface area contributed by atoms with Gasteiger partial charge < -0.3 is 4.52 Å². The Bertz CT molecular complexity index is 763. The van der Waals surface area contributed by atoms with Gasteiger partial charge in [-0.15, -0.1) is 0 Å². The Balaban J connectivity index is 1.46. The molecule has 0 saturated carbocycles. The molecule has 3 heterocycles. The molecule has 6 heteroatoms. The van der Waals surface area contributed by atoms with Gasteiger partial charge in [0.25, 0.3) is 11.8 Å². The molecule has 1 aromatic heterocycles. The van der Waals surface area contributed by atoms with Gasteiger partial charge in [0.15, 0.2) is 5.76 Å². The quantitative estimate of drug-likeness (QED) is 0.808. The zero-order valence-electron chi connectivity index (χ0n) is 13.6. The summed E-state index contributed by atoms with van der Waals surface area (Å²) in [5, 5.41) is 3.96. The van der Waals surface area contributed by atoms with Crippen molar-refractivity contribution in [3.05, 3.63) is 52.9 Å². The molecule has 0 aliphatic carbocycles. The van der Waals surface area contributed by atoms with E-state index in [9.17, 15) is 9.59 Å². The molecular weight excluding hydrogens is 306 g/mol. The van der Waals surface area contributed by atoms with Gasteiger partial charge in [-0.3, -0.25) is 19.4 Å². The van der Waals surface area contributed by atoms with E-state index in [0.29, 0.717) is 24.2 Å². The van der Waals surface area contributed by atoms with Gasteiger partial charge in [0.2, 0.25) is 0 Å². The van der Waals surface area contributed by atoms with Crippen LogP contribution in [0.2, 0.25) is 0 Å². The highest BCUT2D eigenvalue weighted by Crippen LogP contribution is 2.32. The summed E-state index contributed by atoms with van der Waals surface area (Å²) in [4.78, 5) is 28.5. The summed E-state index contributed by atoms with van der Waals surface area (Å²) in [6.07, 6.45) is 2.09. The number of carbonyl (C=O) groups excluding carboxylic acids is 2. The Morgan fingerprint density at radius 1 is 1.17 bits per heavy atom. The van der Waals surface area contributed by atoms with Gasteiger partial charge in [-0.25, -0.2) is 0 Å². The number of amides is 2. The lowest BCUT2D eigenvalue weighted by Crippen LogP contribution is -2.38. The highest BCUT2D eigenvalue weighted by Gasteiger charge is 2.36. The van der Waals surface area contributed by atoms with Crippen LogP contribution in [0.5, 0.6) is 0 Å². The molecule has 2 amide bonds. The van der Waals surface area contributed by atoms with Crippen LogP contribution in [0.4, 0.5) is 0 Å². The predicted molar refractivity (Wildman–Crippen MR) is 86.6 cm³/mol. The molecule has 1 atom stereocenters. The fraction of sp³-hybridized carbons (Fsp3) is 0.389. The number of nitrogens with zero attached hydrogens (tertiary/aromatic N) is 3. The number of hydrogen-bond acceptors (Lipinski definition) is 5. The van der Waals surface area contributed by atoms with E-state index in [1.54, 1.807) is 24.3 Å².